The molecule has 0 spiro atoms. The maximum atomic E-state index is 12.3. The molecule has 0 unspecified atom stereocenters. The lowest BCUT2D eigenvalue weighted by Gasteiger charge is -2.35. The molecule has 1 saturated heterocycles. The Morgan fingerprint density at radius 3 is 2.88 bits per heavy atom. The molecule has 1 aromatic heterocycles. The number of nitrogens with one attached hydrogen (secondary N) is 1. The molecule has 1 aromatic carbocycles. The van der Waals surface area contributed by atoms with Crippen molar-refractivity contribution in [2.75, 3.05) is 31.6 Å². The third-order valence-corrected chi connectivity index (χ3v) is 4.61. The Balaban J connectivity index is 1.59. The van der Waals surface area contributed by atoms with Crippen molar-refractivity contribution in [3.05, 3.63) is 53.9 Å². The Morgan fingerprint density at radius 2 is 2.12 bits per heavy atom. The number of aryl methyl sites for hydroxylation is 2. The van der Waals surface area contributed by atoms with Crippen LogP contribution in [0.25, 0.3) is 0 Å². The minimum Gasteiger partial charge on any atom is -0.378 e. The number of benzene rings is 1. The standard InChI is InChI=1S/C19H25N3O2/c1-15-6-3-4-7-16(15)20-19(23)9-11-22-12-13-24-14-18(22)17-8-5-10-21(17)2/h3-8,10,18H,9,11-14H2,1-2H3,(H,20,23)/t18-/m0/s1. The van der Waals surface area contributed by atoms with E-state index in [-0.39, 0.29) is 11.9 Å². The Morgan fingerprint density at radius 1 is 1.29 bits per heavy atom. The summed E-state index contributed by atoms with van der Waals surface area (Å²) in [4.78, 5) is 14.6. The monoisotopic (exact) mass is 327 g/mol. The average molecular weight is 327 g/mol. The molecule has 0 bridgehead atoms. The van der Waals surface area contributed by atoms with Crippen LogP contribution in [0.1, 0.15) is 23.7 Å². The number of morpholine rings is 1. The molecule has 1 aliphatic rings. The van der Waals surface area contributed by atoms with E-state index in [2.05, 4.69) is 20.9 Å². The SMILES string of the molecule is Cc1ccccc1NC(=O)CCN1CCOC[C@H]1c1cccn1C. The Hall–Kier alpha value is -2.11. The number of nitrogens with zero attached hydrogens (tertiary/aromatic N) is 2. The fourth-order valence-corrected chi connectivity index (χ4v) is 3.17. The molecule has 1 fully saturated rings. The second-order valence-electron chi connectivity index (χ2n) is 6.28. The first kappa shape index (κ1) is 16.7. The van der Waals surface area contributed by atoms with Gasteiger partial charge in [-0.15, -0.1) is 0 Å². The maximum absolute atomic E-state index is 12.3. The number of aromatic nitrogens is 1. The summed E-state index contributed by atoms with van der Waals surface area (Å²) < 4.78 is 7.78. The molecule has 128 valence electrons. The summed E-state index contributed by atoms with van der Waals surface area (Å²) in [5.74, 6) is 0.0569. The zero-order valence-electron chi connectivity index (χ0n) is 14.4. The quantitative estimate of drug-likeness (QED) is 0.918. The highest BCUT2D eigenvalue weighted by Crippen LogP contribution is 2.24. The number of carbonyl (C=O) groups excluding carboxylic acids is 1. The van der Waals surface area contributed by atoms with Crippen molar-refractivity contribution in [1.82, 2.24) is 9.47 Å². The summed E-state index contributed by atoms with van der Waals surface area (Å²) >= 11 is 0. The highest BCUT2D eigenvalue weighted by molar-refractivity contribution is 5.91. The highest BCUT2D eigenvalue weighted by Gasteiger charge is 2.26. The van der Waals surface area contributed by atoms with Crippen molar-refractivity contribution in [2.24, 2.45) is 7.05 Å². The van der Waals surface area contributed by atoms with E-state index < -0.39 is 0 Å². The van der Waals surface area contributed by atoms with Crippen LogP contribution in [0.3, 0.4) is 0 Å². The Labute approximate surface area is 143 Å². The predicted molar refractivity (Wildman–Crippen MR) is 95.0 cm³/mol. The second-order valence-corrected chi connectivity index (χ2v) is 6.28. The number of hydrogen-bond acceptors (Lipinski definition) is 3. The first-order valence-electron chi connectivity index (χ1n) is 8.43. The third kappa shape index (κ3) is 3.86. The predicted octanol–water partition coefficient (Wildman–Crippen LogP) is 2.74. The van der Waals surface area contributed by atoms with E-state index in [1.807, 2.05) is 50.5 Å². The second kappa shape index (κ2) is 7.64. The summed E-state index contributed by atoms with van der Waals surface area (Å²) in [6.45, 7) is 4.99. The summed E-state index contributed by atoms with van der Waals surface area (Å²) in [6.07, 6.45) is 2.53. The number of anilines is 1. The van der Waals surface area contributed by atoms with Gasteiger partial charge < -0.3 is 14.6 Å². The van der Waals surface area contributed by atoms with Crippen molar-refractivity contribution in [1.29, 1.82) is 0 Å². The van der Waals surface area contributed by atoms with Gasteiger partial charge in [-0.1, -0.05) is 18.2 Å². The smallest absolute Gasteiger partial charge is 0.225 e. The van der Waals surface area contributed by atoms with E-state index >= 15 is 0 Å². The molecule has 1 amide bonds. The van der Waals surface area contributed by atoms with Crippen molar-refractivity contribution in [3.63, 3.8) is 0 Å². The van der Waals surface area contributed by atoms with Gasteiger partial charge in [0.05, 0.1) is 19.3 Å². The zero-order valence-corrected chi connectivity index (χ0v) is 14.4. The fourth-order valence-electron chi connectivity index (χ4n) is 3.17. The molecule has 1 atom stereocenters. The van der Waals surface area contributed by atoms with Gasteiger partial charge >= 0.3 is 0 Å². The van der Waals surface area contributed by atoms with Crippen LogP contribution in [0.15, 0.2) is 42.6 Å². The highest BCUT2D eigenvalue weighted by atomic mass is 16.5. The van der Waals surface area contributed by atoms with Gasteiger partial charge in [0.2, 0.25) is 5.91 Å². The molecule has 1 N–H and O–H groups in total. The largest absolute Gasteiger partial charge is 0.378 e. The van der Waals surface area contributed by atoms with Gasteiger partial charge in [0.25, 0.3) is 0 Å². The van der Waals surface area contributed by atoms with Crippen molar-refractivity contribution in [3.8, 4) is 0 Å². The number of hydrogen-bond donors (Lipinski definition) is 1. The normalized spacial score (nSPS) is 18.5. The van der Waals surface area contributed by atoms with Gasteiger partial charge in [-0.3, -0.25) is 9.69 Å². The molecule has 0 saturated carbocycles. The van der Waals surface area contributed by atoms with Gasteiger partial charge in [0, 0.05) is 44.1 Å². The summed E-state index contributed by atoms with van der Waals surface area (Å²) in [5, 5.41) is 3.01. The van der Waals surface area contributed by atoms with E-state index in [4.69, 9.17) is 4.74 Å². The van der Waals surface area contributed by atoms with Crippen LogP contribution in [0.5, 0.6) is 0 Å². The molecule has 0 radical (unpaired) electrons. The molecule has 5 heteroatoms. The molecule has 5 nitrogen and oxygen atoms in total. The number of amides is 1. The third-order valence-electron chi connectivity index (χ3n) is 4.61. The molecule has 2 heterocycles. The van der Waals surface area contributed by atoms with Gasteiger partial charge in [-0.2, -0.15) is 0 Å². The van der Waals surface area contributed by atoms with Gasteiger partial charge in [-0.05, 0) is 30.7 Å². The maximum Gasteiger partial charge on any atom is 0.225 e. The van der Waals surface area contributed by atoms with Crippen LogP contribution in [0, 0.1) is 6.92 Å². The zero-order chi connectivity index (χ0) is 16.9. The van der Waals surface area contributed by atoms with Crippen LogP contribution in [0.2, 0.25) is 0 Å². The average Bonchev–Trinajstić information content (AvgIpc) is 3.01. The number of carbonyl (C=O) groups is 1. The summed E-state index contributed by atoms with van der Waals surface area (Å²) in [5.41, 5.74) is 3.20. The van der Waals surface area contributed by atoms with E-state index in [1.54, 1.807) is 0 Å². The minimum atomic E-state index is 0.0569. The van der Waals surface area contributed by atoms with E-state index in [9.17, 15) is 4.79 Å². The first-order valence-corrected chi connectivity index (χ1v) is 8.43. The van der Waals surface area contributed by atoms with Crippen LogP contribution in [0.4, 0.5) is 5.69 Å². The van der Waals surface area contributed by atoms with Crippen LogP contribution in [-0.4, -0.2) is 41.7 Å². The van der Waals surface area contributed by atoms with Gasteiger partial charge in [-0.25, -0.2) is 0 Å². The molecular weight excluding hydrogens is 302 g/mol. The van der Waals surface area contributed by atoms with Gasteiger partial charge in [0.1, 0.15) is 0 Å². The number of rotatable bonds is 5. The summed E-state index contributed by atoms with van der Waals surface area (Å²) in [7, 11) is 2.05. The lowest BCUT2D eigenvalue weighted by atomic mass is 10.1. The number of ether oxygens (including phenoxy) is 1. The van der Waals surface area contributed by atoms with Crippen LogP contribution in [-0.2, 0) is 16.6 Å². The first-order chi connectivity index (χ1) is 11.6. The molecule has 3 rings (SSSR count). The lowest BCUT2D eigenvalue weighted by Crippen LogP contribution is -2.41. The minimum absolute atomic E-state index is 0.0569. The molecule has 0 aliphatic carbocycles. The van der Waals surface area contributed by atoms with Crippen molar-refractivity contribution < 1.29 is 9.53 Å². The van der Waals surface area contributed by atoms with Crippen LogP contribution < -0.4 is 5.32 Å². The topological polar surface area (TPSA) is 46.5 Å². The van der Waals surface area contributed by atoms with Crippen molar-refractivity contribution in [2.45, 2.75) is 19.4 Å². The lowest BCUT2D eigenvalue weighted by molar-refractivity contribution is -0.117. The summed E-state index contributed by atoms with van der Waals surface area (Å²) in [6, 6.07) is 12.2. The van der Waals surface area contributed by atoms with Crippen LogP contribution >= 0.6 is 0 Å². The Kier molecular flexibility index (Phi) is 5.33. The molecule has 2 aromatic rings. The molecular formula is C19H25N3O2. The van der Waals surface area contributed by atoms with E-state index in [1.165, 1.54) is 5.69 Å². The van der Waals surface area contributed by atoms with E-state index in [0.29, 0.717) is 13.0 Å². The number of para-hydroxylation sites is 1. The van der Waals surface area contributed by atoms with E-state index in [0.717, 1.165) is 30.9 Å². The van der Waals surface area contributed by atoms with Crippen molar-refractivity contribution >= 4 is 11.6 Å². The molecule has 24 heavy (non-hydrogen) atoms. The van der Waals surface area contributed by atoms with Gasteiger partial charge in [0.15, 0.2) is 0 Å². The fraction of sp³-hybridized carbons (Fsp3) is 0.421. The Bertz CT molecular complexity index is 695. The molecule has 1 aliphatic heterocycles.